The predicted octanol–water partition coefficient (Wildman–Crippen LogP) is 7.61. The number of fused-ring (bicyclic) bond motifs is 2. The lowest BCUT2D eigenvalue weighted by molar-refractivity contribution is 0.0419. The van der Waals surface area contributed by atoms with Gasteiger partial charge in [-0.15, -0.1) is 0 Å². The summed E-state index contributed by atoms with van der Waals surface area (Å²) in [6.45, 7) is 10.3. The van der Waals surface area contributed by atoms with Crippen molar-refractivity contribution in [3.63, 3.8) is 0 Å². The maximum absolute atomic E-state index is 15.4. The van der Waals surface area contributed by atoms with E-state index in [1.165, 1.54) is 21.8 Å². The number of aromatic nitrogens is 4. The van der Waals surface area contributed by atoms with Crippen molar-refractivity contribution in [1.29, 1.82) is 0 Å². The first-order valence-corrected chi connectivity index (χ1v) is 17.0. The lowest BCUT2D eigenvalue weighted by Crippen LogP contribution is -2.37. The smallest absolute Gasteiger partial charge is 0.265 e. The van der Waals surface area contributed by atoms with Crippen LogP contribution >= 0.6 is 0 Å². The third kappa shape index (κ3) is 6.44. The second-order valence-corrected chi connectivity index (χ2v) is 13.2. The molecule has 0 amide bonds. The van der Waals surface area contributed by atoms with Gasteiger partial charge in [0.25, 0.3) is 5.56 Å². The largest absolute Gasteiger partial charge is 0.379 e. The van der Waals surface area contributed by atoms with Gasteiger partial charge in [0.05, 0.1) is 24.3 Å². The summed E-state index contributed by atoms with van der Waals surface area (Å²) in [6.07, 6.45) is 17.3. The van der Waals surface area contributed by atoms with Crippen LogP contribution in [0.4, 0.5) is 10.3 Å². The molecule has 4 heterocycles. The van der Waals surface area contributed by atoms with Crippen LogP contribution in [0.15, 0.2) is 76.8 Å². The van der Waals surface area contributed by atoms with Crippen molar-refractivity contribution in [1.82, 2.24) is 24.4 Å². The number of anilines is 1. The Balaban J connectivity index is 1.27. The van der Waals surface area contributed by atoms with Crippen molar-refractivity contribution < 1.29 is 9.13 Å². The van der Waals surface area contributed by atoms with Gasteiger partial charge < -0.3 is 15.5 Å². The predicted molar refractivity (Wildman–Crippen MR) is 193 cm³/mol. The van der Waals surface area contributed by atoms with Crippen molar-refractivity contribution in [2.45, 2.75) is 58.8 Å². The van der Waals surface area contributed by atoms with Gasteiger partial charge in [-0.2, -0.15) is 4.98 Å². The summed E-state index contributed by atoms with van der Waals surface area (Å²) in [4.78, 5) is 29.0. The number of nitrogens with two attached hydrogens (primary N) is 1. The van der Waals surface area contributed by atoms with Crippen LogP contribution in [0.2, 0.25) is 0 Å². The molecule has 0 spiro atoms. The molecule has 2 fully saturated rings. The van der Waals surface area contributed by atoms with Gasteiger partial charge in [-0.25, -0.2) is 9.37 Å². The molecular formula is C39H43FN6O2. The Labute approximate surface area is 280 Å². The van der Waals surface area contributed by atoms with E-state index in [0.717, 1.165) is 92.7 Å². The summed E-state index contributed by atoms with van der Waals surface area (Å²) in [5.41, 5.74) is 14.1. The van der Waals surface area contributed by atoms with Crippen LogP contribution in [0.3, 0.4) is 0 Å². The Morgan fingerprint density at radius 1 is 1.12 bits per heavy atom. The van der Waals surface area contributed by atoms with E-state index in [1.54, 1.807) is 6.20 Å². The summed E-state index contributed by atoms with van der Waals surface area (Å²) in [5.74, 6) is 0.0836. The monoisotopic (exact) mass is 646 g/mol. The number of aromatic amines is 1. The number of nitrogens with zero attached hydrogens (tertiary/aromatic N) is 4. The van der Waals surface area contributed by atoms with Crippen LogP contribution < -0.4 is 11.3 Å². The number of benzene rings is 1. The molecule has 4 aromatic rings. The number of morpholine rings is 1. The van der Waals surface area contributed by atoms with Gasteiger partial charge in [-0.3, -0.25) is 14.3 Å². The third-order valence-corrected chi connectivity index (χ3v) is 9.89. The molecule has 1 aliphatic heterocycles. The Bertz CT molecular complexity index is 2100. The molecule has 8 nitrogen and oxygen atoms in total. The quantitative estimate of drug-likeness (QED) is 0.191. The molecule has 1 saturated heterocycles. The van der Waals surface area contributed by atoms with Gasteiger partial charge in [0.1, 0.15) is 11.5 Å². The zero-order valence-electron chi connectivity index (χ0n) is 28.0. The Kier molecular flexibility index (Phi) is 8.98. The first-order valence-electron chi connectivity index (χ1n) is 17.0. The molecule has 9 heteroatoms. The molecule has 0 bridgehead atoms. The average Bonchev–Trinajstić information content (AvgIpc) is 3.88. The fourth-order valence-corrected chi connectivity index (χ4v) is 6.91. The number of nitrogen functional groups attached to an aromatic ring is 1. The minimum atomic E-state index is -0.468. The molecule has 3 N–H and O–H groups in total. The van der Waals surface area contributed by atoms with E-state index in [0.29, 0.717) is 28.3 Å². The standard InChI is InChI=1S/C39H43FN6O2/c1-4-5-9-31(24(2)25(3)46-15-14-29-20-30(27-12-13-27)21-33(40)35(29)38(46)47)36-32-22-34(42-37(32)44-39(41)43-36)28-8-6-7-26(10-11-28)23-45-16-18-48-19-17-45/h4-5,9-11,14-15,20-22,27H,6-8,12-13,16-19,23H2,1-3H3,(H3,41,42,43,44)/b5-4-,25-24+,31-9+. The second kappa shape index (κ2) is 13.5. The van der Waals surface area contributed by atoms with Crippen LogP contribution in [-0.4, -0.2) is 57.3 Å². The number of hydrogen-bond acceptors (Lipinski definition) is 6. The van der Waals surface area contributed by atoms with Crippen LogP contribution in [0, 0.1) is 5.82 Å². The fourth-order valence-electron chi connectivity index (χ4n) is 6.91. The van der Waals surface area contributed by atoms with E-state index in [9.17, 15) is 4.79 Å². The van der Waals surface area contributed by atoms with Gasteiger partial charge in [0.15, 0.2) is 0 Å². The molecule has 0 atom stereocenters. The van der Waals surface area contributed by atoms with Crippen LogP contribution in [0.25, 0.3) is 38.6 Å². The van der Waals surface area contributed by atoms with E-state index in [2.05, 4.69) is 33.1 Å². The van der Waals surface area contributed by atoms with Gasteiger partial charge >= 0.3 is 0 Å². The van der Waals surface area contributed by atoms with E-state index in [4.69, 9.17) is 15.5 Å². The van der Waals surface area contributed by atoms with Crippen molar-refractivity contribution >= 4 is 44.6 Å². The fraction of sp³-hybridized carbons (Fsp3) is 0.359. The summed E-state index contributed by atoms with van der Waals surface area (Å²) in [5, 5.41) is 1.58. The molecular weight excluding hydrogens is 603 g/mol. The number of pyridine rings is 1. The van der Waals surface area contributed by atoms with Crippen molar-refractivity contribution in [2.24, 2.45) is 0 Å². The maximum atomic E-state index is 15.4. The van der Waals surface area contributed by atoms with Crippen molar-refractivity contribution in [2.75, 3.05) is 38.6 Å². The molecule has 2 aliphatic carbocycles. The zero-order valence-corrected chi connectivity index (χ0v) is 28.0. The minimum absolute atomic E-state index is 0.107. The Morgan fingerprint density at radius 2 is 1.94 bits per heavy atom. The van der Waals surface area contributed by atoms with Crippen LogP contribution in [0.5, 0.6) is 0 Å². The van der Waals surface area contributed by atoms with Crippen LogP contribution in [-0.2, 0) is 4.74 Å². The van der Waals surface area contributed by atoms with E-state index >= 15 is 4.39 Å². The summed E-state index contributed by atoms with van der Waals surface area (Å²) in [6, 6.07) is 7.43. The lowest BCUT2D eigenvalue weighted by Gasteiger charge is -2.27. The Morgan fingerprint density at radius 3 is 2.71 bits per heavy atom. The molecule has 248 valence electrons. The number of H-pyrrole nitrogens is 1. The number of hydrogen-bond donors (Lipinski definition) is 2. The highest BCUT2D eigenvalue weighted by Gasteiger charge is 2.25. The van der Waals surface area contributed by atoms with E-state index in [-0.39, 0.29) is 16.9 Å². The number of rotatable bonds is 8. The SMILES string of the molecule is C\C=C/C=C(\C(C)=C(/C)n1ccc2cc(C3CC3)cc(F)c2c1=O)c1nc(N)nc2[nH]c(C3=CC=C(CN4CCOCC4)CCC3)cc12. The van der Waals surface area contributed by atoms with Crippen molar-refractivity contribution in [3.8, 4) is 0 Å². The molecule has 48 heavy (non-hydrogen) atoms. The first-order chi connectivity index (χ1) is 23.3. The Hall–Kier alpha value is -4.60. The van der Waals surface area contributed by atoms with Gasteiger partial charge in [-0.1, -0.05) is 42.0 Å². The van der Waals surface area contributed by atoms with E-state index < -0.39 is 5.82 Å². The normalized spacial score (nSPS) is 18.7. The molecule has 1 aromatic carbocycles. The highest BCUT2D eigenvalue weighted by molar-refractivity contribution is 5.97. The summed E-state index contributed by atoms with van der Waals surface area (Å²) in [7, 11) is 0. The zero-order chi connectivity index (χ0) is 33.4. The number of ether oxygens (including phenoxy) is 1. The molecule has 7 rings (SSSR count). The van der Waals surface area contributed by atoms with Crippen molar-refractivity contribution in [3.05, 3.63) is 105 Å². The molecule has 3 aliphatic rings. The molecule has 0 radical (unpaired) electrons. The minimum Gasteiger partial charge on any atom is -0.379 e. The highest BCUT2D eigenvalue weighted by atomic mass is 19.1. The molecule has 3 aromatic heterocycles. The van der Waals surface area contributed by atoms with Gasteiger partial charge in [0, 0.05) is 48.2 Å². The summed E-state index contributed by atoms with van der Waals surface area (Å²) < 4.78 is 22.4. The van der Waals surface area contributed by atoms with E-state index in [1.807, 2.05) is 51.1 Å². The highest BCUT2D eigenvalue weighted by Crippen LogP contribution is 2.41. The lowest BCUT2D eigenvalue weighted by atomic mass is 9.98. The second-order valence-electron chi connectivity index (χ2n) is 13.2. The molecule has 0 unspecified atom stereocenters. The average molecular weight is 647 g/mol. The number of nitrogens with one attached hydrogen (secondary N) is 1. The first kappa shape index (κ1) is 32.0. The number of halogens is 1. The van der Waals surface area contributed by atoms with Gasteiger partial charge in [-0.05, 0) is 99.1 Å². The molecule has 1 saturated carbocycles. The van der Waals surface area contributed by atoms with Crippen LogP contribution in [0.1, 0.15) is 75.7 Å². The van der Waals surface area contributed by atoms with Gasteiger partial charge in [0.2, 0.25) is 5.95 Å². The number of allylic oxidation sites excluding steroid dienone is 9. The summed E-state index contributed by atoms with van der Waals surface area (Å²) >= 11 is 0. The maximum Gasteiger partial charge on any atom is 0.265 e. The topological polar surface area (TPSA) is 102 Å². The third-order valence-electron chi connectivity index (χ3n) is 9.89.